The summed E-state index contributed by atoms with van der Waals surface area (Å²) in [6, 6.07) is 3.15. The van der Waals surface area contributed by atoms with Gasteiger partial charge in [0.15, 0.2) is 0 Å². The lowest BCUT2D eigenvalue weighted by Crippen LogP contribution is -2.48. The highest BCUT2D eigenvalue weighted by atomic mass is 35.5. The first kappa shape index (κ1) is 18.0. The number of aromatic nitrogens is 2. The molecule has 2 aromatic rings. The molecular weight excluding hydrogens is 379 g/mol. The van der Waals surface area contributed by atoms with Crippen molar-refractivity contribution >= 4 is 29.1 Å². The fraction of sp³-hybridized carbons (Fsp3) is 0.412. The third kappa shape index (κ3) is 3.33. The molecule has 2 aliphatic rings. The second-order valence-corrected chi connectivity index (χ2v) is 6.81. The Labute approximate surface area is 158 Å². The van der Waals surface area contributed by atoms with Gasteiger partial charge in [0.05, 0.1) is 29.8 Å². The monoisotopic (exact) mass is 394 g/mol. The van der Waals surface area contributed by atoms with E-state index in [2.05, 4.69) is 10.2 Å². The van der Waals surface area contributed by atoms with E-state index in [0.717, 1.165) is 11.0 Å². The smallest absolute Gasteiger partial charge is 0.251 e. The molecule has 0 N–H and O–H groups in total. The largest absolute Gasteiger partial charge is 0.423 e. The molecule has 2 aliphatic heterocycles. The highest BCUT2D eigenvalue weighted by Crippen LogP contribution is 2.31. The Morgan fingerprint density at radius 2 is 2.11 bits per heavy atom. The van der Waals surface area contributed by atoms with Crippen molar-refractivity contribution in [2.45, 2.75) is 25.5 Å². The van der Waals surface area contributed by atoms with Crippen LogP contribution >= 0.6 is 11.6 Å². The van der Waals surface area contributed by atoms with Gasteiger partial charge in [-0.2, -0.15) is 0 Å². The summed E-state index contributed by atoms with van der Waals surface area (Å²) in [5, 5.41) is 7.61. The molecule has 142 valence electrons. The molecule has 1 aromatic carbocycles. The number of ether oxygens (including phenoxy) is 1. The number of hydrogen-bond acceptors (Lipinski definition) is 7. The number of anilines is 1. The zero-order valence-electron chi connectivity index (χ0n) is 14.4. The Morgan fingerprint density at radius 3 is 2.81 bits per heavy atom. The summed E-state index contributed by atoms with van der Waals surface area (Å²) in [6.45, 7) is 2.89. The van der Waals surface area contributed by atoms with Gasteiger partial charge >= 0.3 is 0 Å². The van der Waals surface area contributed by atoms with Crippen LogP contribution in [0.2, 0.25) is 5.02 Å². The van der Waals surface area contributed by atoms with Gasteiger partial charge in [0.1, 0.15) is 11.9 Å². The van der Waals surface area contributed by atoms with Crippen LogP contribution in [0.5, 0.6) is 0 Å². The molecule has 4 rings (SSSR count). The molecule has 0 aliphatic carbocycles. The van der Waals surface area contributed by atoms with Crippen molar-refractivity contribution < 1.29 is 23.1 Å². The summed E-state index contributed by atoms with van der Waals surface area (Å²) in [5.74, 6) is -0.565. The highest BCUT2D eigenvalue weighted by molar-refractivity contribution is 6.31. The Bertz CT molecular complexity index is 905. The van der Waals surface area contributed by atoms with E-state index in [1.54, 1.807) is 6.92 Å². The van der Waals surface area contributed by atoms with E-state index in [1.165, 1.54) is 12.1 Å². The predicted molar refractivity (Wildman–Crippen MR) is 91.6 cm³/mol. The van der Waals surface area contributed by atoms with E-state index in [0.29, 0.717) is 31.5 Å². The lowest BCUT2D eigenvalue weighted by Gasteiger charge is -2.34. The number of nitrogens with zero attached hydrogens (tertiary/aromatic N) is 4. The molecule has 0 bridgehead atoms. The molecule has 2 saturated heterocycles. The topological polar surface area (TPSA) is 88.8 Å². The Morgan fingerprint density at radius 1 is 1.30 bits per heavy atom. The number of rotatable bonds is 3. The van der Waals surface area contributed by atoms with Gasteiger partial charge in [0.25, 0.3) is 5.91 Å². The van der Waals surface area contributed by atoms with Gasteiger partial charge in [-0.1, -0.05) is 11.6 Å². The average molecular weight is 395 g/mol. The number of amides is 2. The van der Waals surface area contributed by atoms with E-state index < -0.39 is 18.0 Å². The summed E-state index contributed by atoms with van der Waals surface area (Å²) in [5.41, 5.74) is 0.260. The lowest BCUT2D eigenvalue weighted by atomic mass is 10.1. The molecule has 10 heteroatoms. The van der Waals surface area contributed by atoms with Gasteiger partial charge in [-0.05, 0) is 18.2 Å². The quantitative estimate of drug-likeness (QED) is 0.734. The second kappa shape index (κ2) is 6.99. The summed E-state index contributed by atoms with van der Waals surface area (Å²) in [7, 11) is 0. The molecule has 2 amide bonds. The Balaban J connectivity index is 1.53. The van der Waals surface area contributed by atoms with Crippen molar-refractivity contribution in [3.63, 3.8) is 0 Å². The summed E-state index contributed by atoms with van der Waals surface area (Å²) in [6.07, 6.45) is -0.430. The maximum Gasteiger partial charge on any atom is 0.251 e. The number of halogens is 2. The van der Waals surface area contributed by atoms with Gasteiger partial charge in [0, 0.05) is 20.0 Å². The molecule has 1 aromatic heterocycles. The fourth-order valence-electron chi connectivity index (χ4n) is 3.34. The molecular formula is C17H16ClFN4O4. The Hall–Kier alpha value is -2.36. The number of hydrogen-bond donors (Lipinski definition) is 0. The molecule has 0 radical (unpaired) electrons. The van der Waals surface area contributed by atoms with Gasteiger partial charge in [0.2, 0.25) is 17.7 Å². The van der Waals surface area contributed by atoms with Gasteiger partial charge in [-0.15, -0.1) is 10.2 Å². The molecule has 3 heterocycles. The van der Waals surface area contributed by atoms with E-state index in [9.17, 15) is 14.0 Å². The average Bonchev–Trinajstić information content (AvgIpc) is 3.21. The minimum atomic E-state index is -0.628. The molecule has 0 spiro atoms. The van der Waals surface area contributed by atoms with Crippen molar-refractivity contribution in [1.29, 1.82) is 0 Å². The summed E-state index contributed by atoms with van der Waals surface area (Å²) < 4.78 is 24.5. The molecule has 2 unspecified atom stereocenters. The van der Waals surface area contributed by atoms with Crippen molar-refractivity contribution in [3.8, 4) is 0 Å². The standard InChI is InChI=1S/C17H16ClFN4O4/c1-9-20-21-16(27-9)14-8-22(4-5-26-14)13-7-15(24)23(17(13)25)10-2-3-12(19)11(18)6-10/h2-3,6,13-14H,4-5,7-8H2,1H3. The van der Waals surface area contributed by atoms with Crippen LogP contribution in [0.1, 0.15) is 24.3 Å². The third-order valence-electron chi connectivity index (χ3n) is 4.64. The minimum Gasteiger partial charge on any atom is -0.423 e. The van der Waals surface area contributed by atoms with Crippen LogP contribution in [0.3, 0.4) is 0 Å². The minimum absolute atomic E-state index is 0.0312. The second-order valence-electron chi connectivity index (χ2n) is 6.40. The Kier molecular flexibility index (Phi) is 4.67. The van der Waals surface area contributed by atoms with E-state index >= 15 is 0 Å². The van der Waals surface area contributed by atoms with Crippen molar-refractivity contribution in [2.75, 3.05) is 24.6 Å². The van der Waals surface area contributed by atoms with E-state index in [-0.39, 0.29) is 28.9 Å². The number of carbonyl (C=O) groups excluding carboxylic acids is 2. The fourth-order valence-corrected chi connectivity index (χ4v) is 3.51. The predicted octanol–water partition coefficient (Wildman–Crippen LogP) is 1.88. The molecule has 0 saturated carbocycles. The van der Waals surface area contributed by atoms with E-state index in [4.69, 9.17) is 20.8 Å². The first-order valence-corrected chi connectivity index (χ1v) is 8.79. The third-order valence-corrected chi connectivity index (χ3v) is 4.93. The van der Waals surface area contributed by atoms with Crippen molar-refractivity contribution in [1.82, 2.24) is 15.1 Å². The number of morpholine rings is 1. The van der Waals surface area contributed by atoms with Crippen LogP contribution in [-0.4, -0.2) is 52.6 Å². The number of carbonyl (C=O) groups is 2. The normalized spacial score (nSPS) is 24.0. The maximum atomic E-state index is 13.4. The zero-order valence-corrected chi connectivity index (χ0v) is 15.1. The number of imide groups is 1. The molecule has 27 heavy (non-hydrogen) atoms. The number of benzene rings is 1. The van der Waals surface area contributed by atoms with Crippen LogP contribution in [0, 0.1) is 12.7 Å². The van der Waals surface area contributed by atoms with E-state index in [1.807, 2.05) is 4.90 Å². The van der Waals surface area contributed by atoms with Gasteiger partial charge in [-0.25, -0.2) is 9.29 Å². The van der Waals surface area contributed by atoms with Crippen LogP contribution in [-0.2, 0) is 14.3 Å². The highest BCUT2D eigenvalue weighted by Gasteiger charge is 2.44. The van der Waals surface area contributed by atoms with Crippen molar-refractivity contribution in [2.24, 2.45) is 0 Å². The lowest BCUT2D eigenvalue weighted by molar-refractivity contribution is -0.125. The summed E-state index contributed by atoms with van der Waals surface area (Å²) >= 11 is 5.79. The number of aryl methyl sites for hydroxylation is 1. The zero-order chi connectivity index (χ0) is 19.1. The first-order chi connectivity index (χ1) is 12.9. The SMILES string of the molecule is Cc1nnc(C2CN(C3CC(=O)N(c4ccc(F)c(Cl)c4)C3=O)CCO2)o1. The van der Waals surface area contributed by atoms with Crippen molar-refractivity contribution in [3.05, 3.63) is 40.8 Å². The van der Waals surface area contributed by atoms with Crippen LogP contribution < -0.4 is 4.90 Å². The molecule has 2 fully saturated rings. The maximum absolute atomic E-state index is 13.4. The van der Waals surface area contributed by atoms with Crippen LogP contribution in [0.25, 0.3) is 0 Å². The molecule has 2 atom stereocenters. The van der Waals surface area contributed by atoms with Gasteiger partial charge < -0.3 is 9.15 Å². The van der Waals surface area contributed by atoms with Gasteiger partial charge in [-0.3, -0.25) is 14.5 Å². The summed E-state index contributed by atoms with van der Waals surface area (Å²) in [4.78, 5) is 28.3. The van der Waals surface area contributed by atoms with Crippen LogP contribution in [0.4, 0.5) is 10.1 Å². The first-order valence-electron chi connectivity index (χ1n) is 8.41. The van der Waals surface area contributed by atoms with Crippen LogP contribution in [0.15, 0.2) is 22.6 Å². The molecule has 8 nitrogen and oxygen atoms in total.